The minimum atomic E-state index is -1.00. The summed E-state index contributed by atoms with van der Waals surface area (Å²) < 4.78 is 118. The van der Waals surface area contributed by atoms with Gasteiger partial charge in [0.15, 0.2) is 23.1 Å². The van der Waals surface area contributed by atoms with Crippen LogP contribution in [0.4, 0.5) is 0 Å². The summed E-state index contributed by atoms with van der Waals surface area (Å²) in [5, 5.41) is 1.07. The Labute approximate surface area is 560 Å². The van der Waals surface area contributed by atoms with Gasteiger partial charge in [0.25, 0.3) is 0 Å². The number of benzene rings is 4. The van der Waals surface area contributed by atoms with Crippen LogP contribution >= 0.6 is 0 Å². The van der Waals surface area contributed by atoms with Gasteiger partial charge in [-0.25, -0.2) is 9.98 Å². The van der Waals surface area contributed by atoms with Gasteiger partial charge in [0.05, 0.1) is 45.1 Å². The third-order valence-corrected chi connectivity index (χ3v) is 17.9. The molecule has 4 aromatic carbocycles. The van der Waals surface area contributed by atoms with Gasteiger partial charge in [-0.3, -0.25) is 0 Å². The molecule has 95 heavy (non-hydrogen) atoms. The normalized spacial score (nSPS) is 27.4. The fourth-order valence-corrected chi connectivity index (χ4v) is 14.2. The van der Waals surface area contributed by atoms with Crippen LogP contribution in [-0.4, -0.2) is 136 Å². The van der Waals surface area contributed by atoms with Crippen molar-refractivity contribution in [1.82, 2.24) is 9.97 Å². The molecule has 2 aromatic heterocycles. The van der Waals surface area contributed by atoms with Crippen LogP contribution in [0, 0.1) is 6.65 Å². The molecule has 21 nitrogen and oxygen atoms in total. The van der Waals surface area contributed by atoms with E-state index in [4.69, 9.17) is 100 Å². The number of aromatic nitrogens is 2. The number of aliphatic imine (C=N–C) groups is 2. The maximum atomic E-state index is 7.50. The molecule has 0 aliphatic carbocycles. The zero-order chi connectivity index (χ0) is 64.4. The SMILES string of the molecule is CC1(C)O[C@@H]2COc3cccc4c3C3=C5C=CC(=N5)C5=c6ccc([n-]6)=C6C7=NC(=C(c8ccc3[n-]8)c3c(cccc3OC[C@H]3OC(C)(C)O[C@@H]3COc3cccc(c36)OC[C@H]3OC(C)(C)O[C@@H]3COc3cccc(c35)OC[C@H]3OC(C)(C)O[C@@H]3CO4)OC[C@H]2O1)C=C7.[C-]#[O+].[Ru+2]. The van der Waals surface area contributed by atoms with Crippen LogP contribution in [0.5, 0.6) is 46.0 Å². The molecule has 0 spiro atoms. The summed E-state index contributed by atoms with van der Waals surface area (Å²) in [6, 6.07) is 31.0. The van der Waals surface area contributed by atoms with Crippen LogP contribution in [0.2, 0.25) is 0 Å². The maximum absolute atomic E-state index is 7.50. The molecule has 13 heterocycles. The van der Waals surface area contributed by atoms with Crippen molar-refractivity contribution in [2.75, 3.05) is 52.9 Å². The molecule has 11 aliphatic rings. The van der Waals surface area contributed by atoms with Crippen molar-refractivity contribution in [2.45, 2.75) is 127 Å². The van der Waals surface area contributed by atoms with Crippen molar-refractivity contribution in [3.05, 3.63) is 184 Å². The zero-order valence-electron chi connectivity index (χ0n) is 53.4. The molecule has 0 unspecified atom stereocenters. The maximum Gasteiger partial charge on any atom is 2.00 e. The second-order valence-electron chi connectivity index (χ2n) is 26.2. The predicted molar refractivity (Wildman–Crippen MR) is 338 cm³/mol. The molecular weight excluding hydrogens is 1310 g/mol. The molecule has 6 aromatic rings. The van der Waals surface area contributed by atoms with Crippen LogP contribution in [-0.2, 0) is 62.0 Å². The first kappa shape index (κ1) is 63.0. The smallest absolute Gasteiger partial charge is 2.00 e. The van der Waals surface area contributed by atoms with E-state index < -0.39 is 72.0 Å². The Morgan fingerprint density at radius 1 is 0.326 bits per heavy atom. The molecule has 8 atom stereocenters. The molecule has 11 aliphatic heterocycles. The van der Waals surface area contributed by atoms with E-state index in [0.29, 0.717) is 135 Å². The van der Waals surface area contributed by atoms with Crippen molar-refractivity contribution in [3.8, 4) is 46.0 Å². The fraction of sp³-hybridized carbons (Fsp3) is 0.384. The largest absolute Gasteiger partial charge is 2.00 e. The van der Waals surface area contributed by atoms with Gasteiger partial charge in [-0.2, -0.15) is 0 Å². The first-order valence-electron chi connectivity index (χ1n) is 31.7. The first-order valence-corrected chi connectivity index (χ1v) is 31.7. The number of ether oxygens (including phenoxy) is 16. The van der Waals surface area contributed by atoms with Gasteiger partial charge in [0.2, 0.25) is 0 Å². The van der Waals surface area contributed by atoms with E-state index in [1.165, 1.54) is 0 Å². The standard InChI is InChI=1S/C72H68N4O16.CO.Ru/c1-69(2)85-53-29-77-45-13-9-15-47-65(45)61-37-21-22-38(73-37)62-40-24-26-42(75-40)64-44-28-27-43(76-44)63(41-25-23-39(61)74-41)67-49(81-33-57-55(31-79-47)87-70(3,4)89-57)17-11-19-51(67)83-35-59-60(92-72(7,8)91-59)36-84-52-20-12-18-50(68(52)64)82-34-58-56(88-71(5,6)90-58)32-80-48-16-10-14-46(66(48)62)78-30-54(53)86-69;1-2;/h9-28,53-60H,29-36H2,1-8H3;;/q-2;;+2/t53-,54-,55-,56-,57-,58-,59-,60-;;/m1../s1. The fourth-order valence-electron chi connectivity index (χ4n) is 14.2. The van der Waals surface area contributed by atoms with Gasteiger partial charge >= 0.3 is 30.8 Å². The van der Waals surface area contributed by atoms with Crippen LogP contribution < -0.4 is 58.6 Å². The van der Waals surface area contributed by atoms with Gasteiger partial charge in [0.1, 0.15) is 148 Å². The monoisotopic (exact) mass is 1370 g/mol. The quantitative estimate of drug-likeness (QED) is 0.0792. The third kappa shape index (κ3) is 11.6. The number of fused-ring (bicyclic) bond motifs is 15. The van der Waals surface area contributed by atoms with Crippen LogP contribution in [0.1, 0.15) is 89.0 Å². The molecule has 0 radical (unpaired) electrons. The van der Waals surface area contributed by atoms with Crippen LogP contribution in [0.25, 0.3) is 22.3 Å². The average Bonchev–Trinajstić information content (AvgIpc) is 1.63. The van der Waals surface area contributed by atoms with E-state index in [1.54, 1.807) is 0 Å². The van der Waals surface area contributed by atoms with Gasteiger partial charge in [-0.05, 0) is 128 Å². The molecule has 490 valence electrons. The van der Waals surface area contributed by atoms with Crippen molar-refractivity contribution in [3.63, 3.8) is 0 Å². The summed E-state index contributed by atoms with van der Waals surface area (Å²) in [6.45, 7) is 20.1. The Balaban J connectivity index is 0.00000245. The van der Waals surface area contributed by atoms with E-state index in [2.05, 4.69) is 6.65 Å². The molecule has 0 N–H and O–H groups in total. The predicted octanol–water partition coefficient (Wildman–Crippen LogP) is 8.38. The van der Waals surface area contributed by atoms with Gasteiger partial charge in [0, 0.05) is 22.3 Å². The second-order valence-corrected chi connectivity index (χ2v) is 26.2. The Hall–Kier alpha value is -8.08. The average molecular weight is 1370 g/mol. The van der Waals surface area contributed by atoms with Crippen LogP contribution in [0.3, 0.4) is 0 Å². The van der Waals surface area contributed by atoms with E-state index >= 15 is 0 Å². The Morgan fingerprint density at radius 3 is 0.800 bits per heavy atom. The summed E-state index contributed by atoms with van der Waals surface area (Å²) >= 11 is 0. The van der Waals surface area contributed by atoms with Crippen LogP contribution in [0.15, 0.2) is 143 Å². The minimum Gasteiger partial charge on any atom is 2.00 e. The number of allylic oxidation sites excluding steroid dienone is 4. The first-order chi connectivity index (χ1) is 45.4. The summed E-state index contributed by atoms with van der Waals surface area (Å²) in [5.74, 6) is -0.238. The molecule has 0 saturated carbocycles. The molecule has 17 rings (SSSR count). The van der Waals surface area contributed by atoms with E-state index in [-0.39, 0.29) is 72.3 Å². The van der Waals surface area contributed by atoms with E-state index in [0.717, 1.165) is 0 Å². The van der Waals surface area contributed by atoms with Gasteiger partial charge in [-0.1, -0.05) is 48.5 Å². The van der Waals surface area contributed by atoms with Gasteiger partial charge < -0.3 is 85.8 Å². The Morgan fingerprint density at radius 2 is 0.558 bits per heavy atom. The zero-order valence-corrected chi connectivity index (χ0v) is 55.1. The molecule has 22 heteroatoms. The molecular formula is C73H68N4O17Ru. The minimum absolute atomic E-state index is 0. The van der Waals surface area contributed by atoms with Crippen molar-refractivity contribution in [1.29, 1.82) is 0 Å². The van der Waals surface area contributed by atoms with Crippen molar-refractivity contribution >= 4 is 33.7 Å². The number of hydrogen-bond acceptors (Lipinski definition) is 18. The molecule has 32 bridgehead atoms. The molecule has 0 amide bonds. The Kier molecular flexibility index (Phi) is 16.1. The van der Waals surface area contributed by atoms with E-state index in [9.17, 15) is 0 Å². The topological polar surface area (TPSA) is 220 Å². The summed E-state index contributed by atoms with van der Waals surface area (Å²) in [6.07, 6.45) is 3.01. The number of rotatable bonds is 0. The summed E-state index contributed by atoms with van der Waals surface area (Å²) in [5.41, 5.74) is 7.87. The van der Waals surface area contributed by atoms with Crippen molar-refractivity contribution in [2.24, 2.45) is 9.98 Å². The Bertz CT molecular complexity index is 4140. The summed E-state index contributed by atoms with van der Waals surface area (Å²) in [4.78, 5) is 22.9. The number of nitrogens with zero attached hydrogens (tertiary/aromatic N) is 4. The third-order valence-electron chi connectivity index (χ3n) is 17.9. The molecule has 3 fully saturated rings. The molecule has 3 saturated heterocycles. The second kappa shape index (κ2) is 24.2. The van der Waals surface area contributed by atoms with Crippen molar-refractivity contribution < 1.29 is 99.9 Å². The van der Waals surface area contributed by atoms with E-state index in [1.807, 2.05) is 177 Å². The summed E-state index contributed by atoms with van der Waals surface area (Å²) in [7, 11) is 0. The number of hydrogen-bond donors (Lipinski definition) is 0. The van der Waals surface area contributed by atoms with Gasteiger partial charge in [-0.15, -0.1) is 22.1 Å².